The molecule has 60 valence electrons. The van der Waals surface area contributed by atoms with Crippen molar-refractivity contribution in [2.45, 2.75) is 26.7 Å². The molecule has 1 nitrogen and oxygen atoms in total. The maximum atomic E-state index is 11.3. The first kappa shape index (κ1) is 8.25. The van der Waals surface area contributed by atoms with E-state index in [0.29, 0.717) is 12.0 Å². The minimum atomic E-state index is 0.0926. The van der Waals surface area contributed by atoms with Crippen molar-refractivity contribution in [2.24, 2.45) is 5.41 Å². The van der Waals surface area contributed by atoms with Crippen molar-refractivity contribution >= 4 is 5.78 Å². The van der Waals surface area contributed by atoms with Gasteiger partial charge < -0.3 is 0 Å². The molecule has 1 heteroatoms. The van der Waals surface area contributed by atoms with Crippen molar-refractivity contribution in [1.82, 2.24) is 0 Å². The van der Waals surface area contributed by atoms with Gasteiger partial charge in [-0.05, 0) is 17.4 Å². The Hall–Kier alpha value is -0.850. The Labute approximate surface area is 67.8 Å². The zero-order chi connectivity index (χ0) is 8.65. The number of carbonyl (C=O) groups excluding carboxylic acids is 1. The normalized spacial score (nSPS) is 24.0. The molecule has 0 bridgehead atoms. The maximum absolute atomic E-state index is 11.3. The van der Waals surface area contributed by atoms with E-state index < -0.39 is 0 Å². The standard InChI is InChI=1S/C10H14O/c1-7-5-10(3,4)6-9(11)8(7)2/h1-2,5-6H2,3-4H3. The zero-order valence-corrected chi connectivity index (χ0v) is 7.24. The summed E-state index contributed by atoms with van der Waals surface area (Å²) in [6.45, 7) is 11.7. The fourth-order valence-electron chi connectivity index (χ4n) is 1.49. The molecule has 0 atom stereocenters. The number of hydrogen-bond acceptors (Lipinski definition) is 1. The summed E-state index contributed by atoms with van der Waals surface area (Å²) in [6.07, 6.45) is 1.52. The lowest BCUT2D eigenvalue weighted by Crippen LogP contribution is -2.25. The van der Waals surface area contributed by atoms with Crippen molar-refractivity contribution in [3.63, 3.8) is 0 Å². The van der Waals surface area contributed by atoms with Gasteiger partial charge in [0.1, 0.15) is 0 Å². The van der Waals surface area contributed by atoms with Crippen molar-refractivity contribution < 1.29 is 4.79 Å². The van der Waals surface area contributed by atoms with Crippen LogP contribution in [0.3, 0.4) is 0 Å². The predicted molar refractivity (Wildman–Crippen MR) is 46.3 cm³/mol. The summed E-state index contributed by atoms with van der Waals surface area (Å²) < 4.78 is 0. The molecule has 0 N–H and O–H groups in total. The smallest absolute Gasteiger partial charge is 0.163 e. The van der Waals surface area contributed by atoms with Crippen LogP contribution in [0.5, 0.6) is 0 Å². The molecule has 0 radical (unpaired) electrons. The van der Waals surface area contributed by atoms with Crippen LogP contribution in [0.15, 0.2) is 24.3 Å². The van der Waals surface area contributed by atoms with Gasteiger partial charge in [-0.15, -0.1) is 0 Å². The Kier molecular flexibility index (Phi) is 1.75. The molecule has 1 aliphatic rings. The van der Waals surface area contributed by atoms with Gasteiger partial charge >= 0.3 is 0 Å². The van der Waals surface area contributed by atoms with E-state index in [0.717, 1.165) is 12.0 Å². The van der Waals surface area contributed by atoms with E-state index in [1.807, 2.05) is 0 Å². The van der Waals surface area contributed by atoms with Gasteiger partial charge in [-0.25, -0.2) is 0 Å². The van der Waals surface area contributed by atoms with E-state index in [-0.39, 0.29) is 11.2 Å². The minimum Gasteiger partial charge on any atom is -0.294 e. The second-order valence-electron chi connectivity index (χ2n) is 4.02. The topological polar surface area (TPSA) is 17.1 Å². The molecule has 0 amide bonds. The number of carbonyl (C=O) groups is 1. The van der Waals surface area contributed by atoms with Gasteiger partial charge in [0, 0.05) is 12.0 Å². The highest BCUT2D eigenvalue weighted by molar-refractivity contribution is 6.00. The summed E-state index contributed by atoms with van der Waals surface area (Å²) in [5.41, 5.74) is 1.63. The third kappa shape index (κ3) is 1.59. The molecule has 11 heavy (non-hydrogen) atoms. The van der Waals surface area contributed by atoms with E-state index >= 15 is 0 Å². The molecule has 0 heterocycles. The van der Waals surface area contributed by atoms with Gasteiger partial charge in [0.2, 0.25) is 0 Å². The molecule has 0 aromatic carbocycles. The number of allylic oxidation sites excluding steroid dienone is 2. The molecular formula is C10H14O. The van der Waals surface area contributed by atoms with Crippen LogP contribution in [0.1, 0.15) is 26.7 Å². The molecule has 0 aromatic rings. The van der Waals surface area contributed by atoms with Crippen LogP contribution in [0, 0.1) is 5.41 Å². The Morgan fingerprint density at radius 3 is 2.27 bits per heavy atom. The van der Waals surface area contributed by atoms with Gasteiger partial charge in [-0.2, -0.15) is 0 Å². The van der Waals surface area contributed by atoms with Gasteiger partial charge in [0.15, 0.2) is 5.78 Å². The molecule has 1 aliphatic carbocycles. The van der Waals surface area contributed by atoms with Gasteiger partial charge in [0.05, 0.1) is 0 Å². The van der Waals surface area contributed by atoms with Crippen molar-refractivity contribution in [3.05, 3.63) is 24.3 Å². The fraction of sp³-hybridized carbons (Fsp3) is 0.500. The summed E-state index contributed by atoms with van der Waals surface area (Å²) in [4.78, 5) is 11.3. The molecule has 0 unspecified atom stereocenters. The quantitative estimate of drug-likeness (QED) is 0.485. The lowest BCUT2D eigenvalue weighted by atomic mass is 9.73. The molecule has 1 rings (SSSR count). The van der Waals surface area contributed by atoms with Crippen LogP contribution < -0.4 is 0 Å². The van der Waals surface area contributed by atoms with Gasteiger partial charge in [0.25, 0.3) is 0 Å². The fourth-order valence-corrected chi connectivity index (χ4v) is 1.49. The van der Waals surface area contributed by atoms with E-state index in [1.54, 1.807) is 0 Å². The SMILES string of the molecule is C=C1CC(C)(C)CC(=O)C1=C. The maximum Gasteiger partial charge on any atom is 0.163 e. The third-order valence-corrected chi connectivity index (χ3v) is 2.09. The number of rotatable bonds is 0. The molecule has 0 aromatic heterocycles. The average Bonchev–Trinajstić information content (AvgIpc) is 1.81. The molecular weight excluding hydrogens is 136 g/mol. The third-order valence-electron chi connectivity index (χ3n) is 2.09. The van der Waals surface area contributed by atoms with Crippen molar-refractivity contribution in [1.29, 1.82) is 0 Å². The number of ketones is 1. The Morgan fingerprint density at radius 1 is 1.27 bits per heavy atom. The van der Waals surface area contributed by atoms with Crippen molar-refractivity contribution in [3.8, 4) is 0 Å². The lowest BCUT2D eigenvalue weighted by Gasteiger charge is -2.30. The molecule has 1 fully saturated rings. The average molecular weight is 150 g/mol. The van der Waals surface area contributed by atoms with E-state index in [1.165, 1.54) is 0 Å². The zero-order valence-electron chi connectivity index (χ0n) is 7.24. The lowest BCUT2D eigenvalue weighted by molar-refractivity contribution is -0.117. The highest BCUT2D eigenvalue weighted by atomic mass is 16.1. The van der Waals surface area contributed by atoms with E-state index in [4.69, 9.17) is 0 Å². The van der Waals surface area contributed by atoms with Crippen LogP contribution in [0.4, 0.5) is 0 Å². The molecule has 0 spiro atoms. The summed E-state index contributed by atoms with van der Waals surface area (Å²) in [6, 6.07) is 0. The minimum absolute atomic E-state index is 0.0926. The highest BCUT2D eigenvalue weighted by Gasteiger charge is 2.30. The monoisotopic (exact) mass is 150 g/mol. The van der Waals surface area contributed by atoms with Gasteiger partial charge in [-0.1, -0.05) is 27.0 Å². The first-order chi connectivity index (χ1) is 4.92. The Balaban J connectivity index is 2.87. The molecule has 0 aliphatic heterocycles. The molecule has 0 saturated heterocycles. The number of hydrogen-bond donors (Lipinski definition) is 0. The highest BCUT2D eigenvalue weighted by Crippen LogP contribution is 2.37. The second-order valence-corrected chi connectivity index (χ2v) is 4.02. The van der Waals surface area contributed by atoms with Crippen LogP contribution >= 0.6 is 0 Å². The second kappa shape index (κ2) is 2.33. The Bertz CT molecular complexity index is 211. The van der Waals surface area contributed by atoms with Crippen LogP contribution in [0.25, 0.3) is 0 Å². The van der Waals surface area contributed by atoms with E-state index in [2.05, 4.69) is 27.0 Å². The first-order valence-corrected chi connectivity index (χ1v) is 3.83. The van der Waals surface area contributed by atoms with Crippen molar-refractivity contribution in [2.75, 3.05) is 0 Å². The van der Waals surface area contributed by atoms with Gasteiger partial charge in [-0.3, -0.25) is 4.79 Å². The summed E-state index contributed by atoms with van der Waals surface area (Å²) in [7, 11) is 0. The van der Waals surface area contributed by atoms with Crippen LogP contribution in [0.2, 0.25) is 0 Å². The Morgan fingerprint density at radius 2 is 1.82 bits per heavy atom. The first-order valence-electron chi connectivity index (χ1n) is 3.83. The number of Topliss-reactive ketones (excluding diaryl/α,β-unsaturated/α-hetero) is 1. The predicted octanol–water partition coefficient (Wildman–Crippen LogP) is 2.49. The summed E-state index contributed by atoms with van der Waals surface area (Å²) >= 11 is 0. The van der Waals surface area contributed by atoms with E-state index in [9.17, 15) is 4.79 Å². The van der Waals surface area contributed by atoms with Crippen LogP contribution in [-0.4, -0.2) is 5.78 Å². The molecule has 1 saturated carbocycles. The summed E-state index contributed by atoms with van der Waals surface area (Å²) in [5.74, 6) is 0.159. The largest absolute Gasteiger partial charge is 0.294 e. The van der Waals surface area contributed by atoms with Crippen LogP contribution in [-0.2, 0) is 4.79 Å². The summed E-state index contributed by atoms with van der Waals surface area (Å²) in [5, 5.41) is 0.